The number of benzene rings is 1. The highest BCUT2D eigenvalue weighted by atomic mass is 16.2. The van der Waals surface area contributed by atoms with E-state index in [-0.39, 0.29) is 11.9 Å². The van der Waals surface area contributed by atoms with Gasteiger partial charge < -0.3 is 5.32 Å². The molecule has 0 bridgehead atoms. The van der Waals surface area contributed by atoms with Gasteiger partial charge in [-0.3, -0.25) is 9.69 Å². The van der Waals surface area contributed by atoms with Crippen LogP contribution in [0.25, 0.3) is 0 Å². The molecule has 1 heterocycles. The van der Waals surface area contributed by atoms with Gasteiger partial charge in [-0.2, -0.15) is 0 Å². The Hall–Kier alpha value is -1.35. The summed E-state index contributed by atoms with van der Waals surface area (Å²) >= 11 is 0. The first-order valence-electron chi connectivity index (χ1n) is 9.17. The Balaban J connectivity index is 2.12. The Labute approximate surface area is 141 Å². The molecule has 0 aromatic heterocycles. The zero-order valence-corrected chi connectivity index (χ0v) is 15.2. The third-order valence-electron chi connectivity index (χ3n) is 5.06. The molecule has 3 nitrogen and oxygen atoms in total. The summed E-state index contributed by atoms with van der Waals surface area (Å²) in [5.41, 5.74) is 3.27. The number of para-hydroxylation sites is 1. The molecule has 3 heteroatoms. The van der Waals surface area contributed by atoms with Crippen molar-refractivity contribution in [2.75, 3.05) is 18.4 Å². The minimum Gasteiger partial charge on any atom is -0.324 e. The fraction of sp³-hybridized carbons (Fsp3) is 0.650. The number of nitrogens with zero attached hydrogens (tertiary/aromatic N) is 1. The van der Waals surface area contributed by atoms with Crippen LogP contribution in [-0.2, 0) is 4.79 Å². The van der Waals surface area contributed by atoms with Gasteiger partial charge in [-0.05, 0) is 63.2 Å². The molecule has 23 heavy (non-hydrogen) atoms. The molecule has 2 atom stereocenters. The van der Waals surface area contributed by atoms with Crippen LogP contribution < -0.4 is 5.32 Å². The third kappa shape index (κ3) is 4.57. The van der Waals surface area contributed by atoms with Crippen LogP contribution in [0.4, 0.5) is 5.69 Å². The topological polar surface area (TPSA) is 32.3 Å². The van der Waals surface area contributed by atoms with Gasteiger partial charge in [0.1, 0.15) is 0 Å². The molecule has 0 unspecified atom stereocenters. The predicted molar refractivity (Wildman–Crippen MR) is 97.8 cm³/mol. The molecule has 0 spiro atoms. The number of rotatable bonds is 6. The largest absolute Gasteiger partial charge is 0.324 e. The lowest BCUT2D eigenvalue weighted by Gasteiger charge is -2.38. The maximum Gasteiger partial charge on any atom is 0.241 e. The average molecular weight is 316 g/mol. The van der Waals surface area contributed by atoms with E-state index in [1.165, 1.54) is 19.3 Å². The number of carbonyl (C=O) groups is 1. The van der Waals surface area contributed by atoms with Crippen molar-refractivity contribution in [1.82, 2.24) is 4.90 Å². The number of aryl methyl sites for hydroxylation is 2. The molecule has 0 aliphatic carbocycles. The average Bonchev–Trinajstić information content (AvgIpc) is 2.53. The third-order valence-corrected chi connectivity index (χ3v) is 5.06. The molecule has 1 aromatic carbocycles. The van der Waals surface area contributed by atoms with Crippen LogP contribution in [0.5, 0.6) is 0 Å². The van der Waals surface area contributed by atoms with Crippen LogP contribution in [0.15, 0.2) is 18.2 Å². The van der Waals surface area contributed by atoms with E-state index in [1.54, 1.807) is 0 Å². The zero-order valence-electron chi connectivity index (χ0n) is 15.2. The molecular weight excluding hydrogens is 284 g/mol. The molecule has 128 valence electrons. The van der Waals surface area contributed by atoms with E-state index in [4.69, 9.17) is 0 Å². The van der Waals surface area contributed by atoms with Crippen LogP contribution in [0.2, 0.25) is 0 Å². The Bertz CT molecular complexity index is 506. The van der Waals surface area contributed by atoms with Gasteiger partial charge >= 0.3 is 0 Å². The summed E-state index contributed by atoms with van der Waals surface area (Å²) in [7, 11) is 0. The van der Waals surface area contributed by atoms with E-state index in [0.717, 1.165) is 42.7 Å². The Kier molecular flexibility index (Phi) is 6.64. The van der Waals surface area contributed by atoms with Crippen LogP contribution in [0.3, 0.4) is 0 Å². The number of hydrogen-bond acceptors (Lipinski definition) is 2. The van der Waals surface area contributed by atoms with Crippen molar-refractivity contribution in [2.24, 2.45) is 5.92 Å². The molecule has 0 saturated carbocycles. The fourth-order valence-corrected chi connectivity index (χ4v) is 3.80. The van der Waals surface area contributed by atoms with E-state index in [1.807, 2.05) is 6.07 Å². The first kappa shape index (κ1) is 18.0. The van der Waals surface area contributed by atoms with Gasteiger partial charge in [0, 0.05) is 5.69 Å². The van der Waals surface area contributed by atoms with Crippen LogP contribution in [-0.4, -0.2) is 29.9 Å². The molecule has 1 aromatic rings. The summed E-state index contributed by atoms with van der Waals surface area (Å²) in [5, 5.41) is 3.22. The lowest BCUT2D eigenvalue weighted by atomic mass is 9.87. The minimum atomic E-state index is 0.0271. The second-order valence-corrected chi connectivity index (χ2v) is 6.99. The summed E-state index contributed by atoms with van der Waals surface area (Å²) in [4.78, 5) is 15.3. The van der Waals surface area contributed by atoms with E-state index < -0.39 is 0 Å². The zero-order chi connectivity index (χ0) is 16.8. The van der Waals surface area contributed by atoms with Gasteiger partial charge in [0.15, 0.2) is 0 Å². The summed E-state index contributed by atoms with van der Waals surface area (Å²) in [5.74, 6) is 0.874. The molecule has 1 aliphatic rings. The molecule has 1 amide bonds. The number of likely N-dealkylation sites (tertiary alicyclic amines) is 1. The minimum absolute atomic E-state index is 0.0271. The first-order chi connectivity index (χ1) is 11.1. The van der Waals surface area contributed by atoms with E-state index >= 15 is 0 Å². The maximum atomic E-state index is 13.0. The number of amides is 1. The second-order valence-electron chi connectivity index (χ2n) is 6.99. The number of hydrogen-bond donors (Lipinski definition) is 1. The van der Waals surface area contributed by atoms with Crippen LogP contribution >= 0.6 is 0 Å². The Morgan fingerprint density at radius 2 is 1.91 bits per heavy atom. The van der Waals surface area contributed by atoms with Crippen molar-refractivity contribution in [3.63, 3.8) is 0 Å². The van der Waals surface area contributed by atoms with E-state index in [2.05, 4.69) is 50.0 Å². The summed E-state index contributed by atoms with van der Waals surface area (Å²) in [6.45, 7) is 10.6. The van der Waals surface area contributed by atoms with Gasteiger partial charge in [0.05, 0.1) is 6.04 Å². The predicted octanol–water partition coefficient (Wildman–Crippen LogP) is 4.53. The Morgan fingerprint density at radius 1 is 1.22 bits per heavy atom. The maximum absolute atomic E-state index is 13.0. The highest BCUT2D eigenvalue weighted by Crippen LogP contribution is 2.28. The number of nitrogens with one attached hydrogen (secondary N) is 1. The molecule has 2 rings (SSSR count). The molecule has 0 radical (unpaired) electrons. The monoisotopic (exact) mass is 316 g/mol. The highest BCUT2D eigenvalue weighted by Gasteiger charge is 2.32. The molecular formula is C20H32N2O. The smallest absolute Gasteiger partial charge is 0.241 e. The van der Waals surface area contributed by atoms with Gasteiger partial charge in [0.25, 0.3) is 0 Å². The standard InChI is InChI=1S/C20H32N2O/c1-5-8-17-11-13-22(12-6-2)18(14-17)20(23)21-19-15(3)9-7-10-16(19)4/h7,9-10,17-18H,5-6,8,11-14H2,1-4H3,(H,21,23)/t17-,18-/m0/s1. The van der Waals surface area contributed by atoms with Gasteiger partial charge in [-0.25, -0.2) is 0 Å². The molecule has 1 fully saturated rings. The summed E-state index contributed by atoms with van der Waals surface area (Å²) in [6, 6.07) is 6.20. The molecule has 1 N–H and O–H groups in total. The molecule has 1 aliphatic heterocycles. The SMILES string of the molecule is CCC[C@H]1CCN(CCC)[C@H](C(=O)Nc2c(C)cccc2C)C1. The van der Waals surface area contributed by atoms with Crippen LogP contribution in [0.1, 0.15) is 57.1 Å². The quantitative estimate of drug-likeness (QED) is 0.836. The van der Waals surface area contributed by atoms with Crippen LogP contribution in [0, 0.1) is 19.8 Å². The second kappa shape index (κ2) is 8.49. The van der Waals surface area contributed by atoms with Gasteiger partial charge in [0.2, 0.25) is 5.91 Å². The van der Waals surface area contributed by atoms with Crippen molar-refractivity contribution >= 4 is 11.6 Å². The van der Waals surface area contributed by atoms with Crippen molar-refractivity contribution in [2.45, 2.75) is 65.8 Å². The normalized spacial score (nSPS) is 22.1. The lowest BCUT2D eigenvalue weighted by Crippen LogP contribution is -2.49. The van der Waals surface area contributed by atoms with Gasteiger partial charge in [-0.1, -0.05) is 44.9 Å². The van der Waals surface area contributed by atoms with E-state index in [0.29, 0.717) is 5.92 Å². The van der Waals surface area contributed by atoms with Crippen molar-refractivity contribution < 1.29 is 4.79 Å². The lowest BCUT2D eigenvalue weighted by molar-refractivity contribution is -0.123. The van der Waals surface area contributed by atoms with Crippen molar-refractivity contribution in [1.29, 1.82) is 0 Å². The summed E-state index contributed by atoms with van der Waals surface area (Å²) in [6.07, 6.45) is 5.80. The van der Waals surface area contributed by atoms with Gasteiger partial charge in [-0.15, -0.1) is 0 Å². The number of piperidine rings is 1. The highest BCUT2D eigenvalue weighted by molar-refractivity contribution is 5.96. The fourth-order valence-electron chi connectivity index (χ4n) is 3.80. The number of carbonyl (C=O) groups excluding carboxylic acids is 1. The van der Waals surface area contributed by atoms with E-state index in [9.17, 15) is 4.79 Å². The molecule has 1 saturated heterocycles. The van der Waals surface area contributed by atoms with Crippen molar-refractivity contribution in [3.05, 3.63) is 29.3 Å². The van der Waals surface area contributed by atoms with Crippen molar-refractivity contribution in [3.8, 4) is 0 Å². The first-order valence-corrected chi connectivity index (χ1v) is 9.17. The Morgan fingerprint density at radius 3 is 2.52 bits per heavy atom. The summed E-state index contributed by atoms with van der Waals surface area (Å²) < 4.78 is 0. The number of anilines is 1.